The number of aryl methyl sites for hydroxylation is 1. The summed E-state index contributed by atoms with van der Waals surface area (Å²) in [6.07, 6.45) is 0.634. The van der Waals surface area contributed by atoms with Crippen LogP contribution >= 0.6 is 0 Å². The second kappa shape index (κ2) is 7.55. The van der Waals surface area contributed by atoms with Crippen LogP contribution in [0.3, 0.4) is 0 Å². The molecular weight excluding hydrogens is 336 g/mol. The van der Waals surface area contributed by atoms with Crippen molar-refractivity contribution >= 4 is 23.4 Å². The van der Waals surface area contributed by atoms with Crippen LogP contribution in [-0.4, -0.2) is 66.5 Å². The molecule has 0 atom stereocenters. The third kappa shape index (κ3) is 3.68. The Morgan fingerprint density at radius 3 is 2.27 bits per heavy atom. The molecule has 8 heteroatoms. The van der Waals surface area contributed by atoms with E-state index in [4.69, 9.17) is 4.74 Å². The number of methoxy groups -OCH3 is 1. The van der Waals surface area contributed by atoms with Crippen molar-refractivity contribution in [3.8, 4) is 5.75 Å². The van der Waals surface area contributed by atoms with Gasteiger partial charge in [0.15, 0.2) is 0 Å². The van der Waals surface area contributed by atoms with E-state index in [0.717, 1.165) is 11.3 Å². The molecule has 0 radical (unpaired) electrons. The molecule has 26 heavy (non-hydrogen) atoms. The fraction of sp³-hybridized carbons (Fsp3) is 0.444. The van der Waals surface area contributed by atoms with Crippen LogP contribution in [0.4, 0.5) is 0 Å². The predicted octanol–water partition coefficient (Wildman–Crippen LogP) is 0.554. The third-order valence-electron chi connectivity index (χ3n) is 4.65. The number of rotatable bonds is 3. The second-order valence-corrected chi connectivity index (χ2v) is 6.36. The lowest BCUT2D eigenvalue weighted by molar-refractivity contribution is -0.126. The van der Waals surface area contributed by atoms with E-state index >= 15 is 0 Å². The Bertz CT molecular complexity index is 766. The van der Waals surface area contributed by atoms with Gasteiger partial charge in [0, 0.05) is 44.6 Å². The molecule has 1 aromatic rings. The average Bonchev–Trinajstić information content (AvgIpc) is 2.67. The van der Waals surface area contributed by atoms with Gasteiger partial charge in [-0.3, -0.25) is 14.4 Å². The van der Waals surface area contributed by atoms with Crippen molar-refractivity contribution in [1.29, 1.82) is 0 Å². The minimum atomic E-state index is -0.174. The largest absolute Gasteiger partial charge is 0.496 e. The van der Waals surface area contributed by atoms with Crippen LogP contribution in [0.5, 0.6) is 5.75 Å². The first kappa shape index (κ1) is 17.9. The van der Waals surface area contributed by atoms with Crippen molar-refractivity contribution in [3.05, 3.63) is 29.3 Å². The fourth-order valence-electron chi connectivity index (χ4n) is 3.12. The van der Waals surface area contributed by atoms with Crippen LogP contribution in [0.15, 0.2) is 23.3 Å². The summed E-state index contributed by atoms with van der Waals surface area (Å²) in [4.78, 5) is 39.7. The molecule has 0 aromatic heterocycles. The Labute approximate surface area is 151 Å². The number of nitrogens with one attached hydrogen (secondary N) is 1. The van der Waals surface area contributed by atoms with Gasteiger partial charge in [-0.2, -0.15) is 5.10 Å². The zero-order chi connectivity index (χ0) is 18.7. The second-order valence-electron chi connectivity index (χ2n) is 6.36. The minimum absolute atomic E-state index is 0.0508. The molecule has 138 valence electrons. The molecule has 2 heterocycles. The molecular formula is C18H22N4O4. The SMILES string of the molecule is COc1ccc(C(=O)N2CCN(C(=O)C3=NNC(=O)CC3)CC2)cc1C. The Hall–Kier alpha value is -2.90. The van der Waals surface area contributed by atoms with Crippen molar-refractivity contribution in [3.63, 3.8) is 0 Å². The van der Waals surface area contributed by atoms with Crippen molar-refractivity contribution in [2.24, 2.45) is 5.10 Å². The van der Waals surface area contributed by atoms with Gasteiger partial charge < -0.3 is 14.5 Å². The smallest absolute Gasteiger partial charge is 0.270 e. The number of nitrogens with zero attached hydrogens (tertiary/aromatic N) is 3. The molecule has 0 aliphatic carbocycles. The first-order chi connectivity index (χ1) is 12.5. The van der Waals surface area contributed by atoms with Crippen LogP contribution in [0.2, 0.25) is 0 Å². The monoisotopic (exact) mass is 358 g/mol. The van der Waals surface area contributed by atoms with Crippen LogP contribution in [0, 0.1) is 6.92 Å². The third-order valence-corrected chi connectivity index (χ3v) is 4.65. The van der Waals surface area contributed by atoms with Gasteiger partial charge in [-0.15, -0.1) is 0 Å². The summed E-state index contributed by atoms with van der Waals surface area (Å²) in [6, 6.07) is 5.36. The van der Waals surface area contributed by atoms with E-state index in [1.54, 1.807) is 29.0 Å². The molecule has 0 saturated carbocycles. The number of piperazine rings is 1. The first-order valence-electron chi connectivity index (χ1n) is 8.58. The summed E-state index contributed by atoms with van der Waals surface area (Å²) in [5.74, 6) is 0.353. The topological polar surface area (TPSA) is 91.3 Å². The highest BCUT2D eigenvalue weighted by Gasteiger charge is 2.28. The Kier molecular flexibility index (Phi) is 5.20. The highest BCUT2D eigenvalue weighted by Crippen LogP contribution is 2.20. The average molecular weight is 358 g/mol. The number of hydrogen-bond acceptors (Lipinski definition) is 5. The van der Waals surface area contributed by atoms with E-state index < -0.39 is 0 Å². The molecule has 1 aromatic carbocycles. The number of amides is 3. The maximum Gasteiger partial charge on any atom is 0.270 e. The van der Waals surface area contributed by atoms with Crippen molar-refractivity contribution in [2.45, 2.75) is 19.8 Å². The maximum absolute atomic E-state index is 12.7. The van der Waals surface area contributed by atoms with Crippen molar-refractivity contribution < 1.29 is 19.1 Å². The standard InChI is InChI=1S/C18H22N4O4/c1-12-11-13(3-5-15(12)26-2)17(24)21-7-9-22(10-8-21)18(25)14-4-6-16(23)20-19-14/h3,5,11H,4,6-10H2,1-2H3,(H,20,23). The van der Waals surface area contributed by atoms with Gasteiger partial charge in [0.05, 0.1) is 7.11 Å². The summed E-state index contributed by atoms with van der Waals surface area (Å²) in [7, 11) is 1.60. The molecule has 3 rings (SSSR count). The van der Waals surface area contributed by atoms with Gasteiger partial charge in [-0.1, -0.05) is 0 Å². The first-order valence-corrected chi connectivity index (χ1v) is 8.58. The minimum Gasteiger partial charge on any atom is -0.496 e. The summed E-state index contributed by atoms with van der Waals surface area (Å²) >= 11 is 0. The zero-order valence-corrected chi connectivity index (χ0v) is 14.9. The lowest BCUT2D eigenvalue weighted by Crippen LogP contribution is -2.52. The number of carbonyl (C=O) groups excluding carboxylic acids is 3. The van der Waals surface area contributed by atoms with E-state index in [1.165, 1.54) is 0 Å². The molecule has 0 unspecified atom stereocenters. The van der Waals surface area contributed by atoms with Gasteiger partial charge in [0.2, 0.25) is 5.91 Å². The molecule has 1 fully saturated rings. The molecule has 2 aliphatic rings. The number of hydrazone groups is 1. The van der Waals surface area contributed by atoms with E-state index in [0.29, 0.717) is 43.9 Å². The summed E-state index contributed by atoms with van der Waals surface area (Å²) < 4.78 is 5.22. The Balaban J connectivity index is 1.59. The lowest BCUT2D eigenvalue weighted by Gasteiger charge is -2.35. The normalized spacial score (nSPS) is 17.5. The highest BCUT2D eigenvalue weighted by atomic mass is 16.5. The van der Waals surface area contributed by atoms with Gasteiger partial charge in [0.25, 0.3) is 11.8 Å². The van der Waals surface area contributed by atoms with Gasteiger partial charge >= 0.3 is 0 Å². The fourth-order valence-corrected chi connectivity index (χ4v) is 3.12. The van der Waals surface area contributed by atoms with Crippen LogP contribution in [0.25, 0.3) is 0 Å². The maximum atomic E-state index is 12.7. The molecule has 8 nitrogen and oxygen atoms in total. The summed E-state index contributed by atoms with van der Waals surface area (Å²) in [5.41, 5.74) is 4.23. The zero-order valence-electron chi connectivity index (χ0n) is 14.9. The molecule has 1 N–H and O–H groups in total. The van der Waals surface area contributed by atoms with Crippen LogP contribution < -0.4 is 10.2 Å². The van der Waals surface area contributed by atoms with E-state index in [2.05, 4.69) is 10.5 Å². The summed E-state index contributed by atoms with van der Waals surface area (Å²) in [6.45, 7) is 3.74. The number of carbonyl (C=O) groups is 3. The van der Waals surface area contributed by atoms with Gasteiger partial charge in [-0.25, -0.2) is 5.43 Å². The number of ether oxygens (including phenoxy) is 1. The lowest BCUT2D eigenvalue weighted by atomic mass is 10.1. The van der Waals surface area contributed by atoms with E-state index in [1.807, 2.05) is 13.0 Å². The van der Waals surface area contributed by atoms with Gasteiger partial charge in [0.1, 0.15) is 11.5 Å². The van der Waals surface area contributed by atoms with E-state index in [-0.39, 0.29) is 24.1 Å². The Morgan fingerprint density at radius 2 is 1.73 bits per heavy atom. The quantitative estimate of drug-likeness (QED) is 0.854. The number of hydrogen-bond donors (Lipinski definition) is 1. The molecule has 3 amide bonds. The highest BCUT2D eigenvalue weighted by molar-refractivity contribution is 6.39. The predicted molar refractivity (Wildman–Crippen MR) is 95.0 cm³/mol. The van der Waals surface area contributed by atoms with Gasteiger partial charge in [-0.05, 0) is 30.7 Å². The van der Waals surface area contributed by atoms with Crippen LogP contribution in [0.1, 0.15) is 28.8 Å². The van der Waals surface area contributed by atoms with Crippen molar-refractivity contribution in [1.82, 2.24) is 15.2 Å². The van der Waals surface area contributed by atoms with E-state index in [9.17, 15) is 14.4 Å². The number of benzene rings is 1. The Morgan fingerprint density at radius 1 is 1.08 bits per heavy atom. The molecule has 1 saturated heterocycles. The summed E-state index contributed by atoms with van der Waals surface area (Å²) in [5, 5.41) is 3.85. The molecule has 0 spiro atoms. The van der Waals surface area contributed by atoms with Crippen LogP contribution in [-0.2, 0) is 9.59 Å². The molecule has 0 bridgehead atoms. The molecule has 2 aliphatic heterocycles. The van der Waals surface area contributed by atoms with Crippen molar-refractivity contribution in [2.75, 3.05) is 33.3 Å².